The number of hydrogen-bond acceptors (Lipinski definition) is 8. The number of esters is 2. The summed E-state index contributed by atoms with van der Waals surface area (Å²) in [5.41, 5.74) is 5.34. The molecule has 0 aliphatic heterocycles. The zero-order valence-electron chi connectivity index (χ0n) is 37.7. The highest BCUT2D eigenvalue weighted by Gasteiger charge is 2.25. The van der Waals surface area contributed by atoms with Crippen molar-refractivity contribution in [2.24, 2.45) is 5.73 Å². The van der Waals surface area contributed by atoms with Crippen molar-refractivity contribution in [3.8, 4) is 0 Å². The first-order valence-electron chi connectivity index (χ1n) is 23.8. The molecule has 0 bridgehead atoms. The van der Waals surface area contributed by atoms with E-state index in [9.17, 15) is 19.0 Å². The van der Waals surface area contributed by atoms with Gasteiger partial charge >= 0.3 is 19.8 Å². The van der Waals surface area contributed by atoms with Crippen molar-refractivity contribution in [2.75, 3.05) is 26.4 Å². The number of ether oxygens (including phenoxy) is 2. The van der Waals surface area contributed by atoms with Gasteiger partial charge in [0.15, 0.2) is 6.10 Å². The molecule has 0 amide bonds. The highest BCUT2D eigenvalue weighted by molar-refractivity contribution is 7.47. The number of unbranched alkanes of at least 4 members (excludes halogenated alkanes) is 21. The third-order valence-corrected chi connectivity index (χ3v) is 10.9. The zero-order valence-corrected chi connectivity index (χ0v) is 38.6. The average molecular weight is 850 g/mol. The highest BCUT2D eigenvalue weighted by Crippen LogP contribution is 2.43. The third-order valence-electron chi connectivity index (χ3n) is 9.90. The topological polar surface area (TPSA) is 134 Å². The van der Waals surface area contributed by atoms with E-state index >= 15 is 0 Å². The lowest BCUT2D eigenvalue weighted by Gasteiger charge is -2.19. The normalized spacial score (nSPS) is 13.8. The molecule has 9 nitrogen and oxygen atoms in total. The summed E-state index contributed by atoms with van der Waals surface area (Å²) in [7, 11) is -4.40. The lowest BCUT2D eigenvalue weighted by molar-refractivity contribution is -0.161. The van der Waals surface area contributed by atoms with Gasteiger partial charge < -0.3 is 20.1 Å². The Morgan fingerprint density at radius 3 is 1.46 bits per heavy atom. The van der Waals surface area contributed by atoms with Gasteiger partial charge in [-0.05, 0) is 64.2 Å². The molecule has 0 aromatic rings. The van der Waals surface area contributed by atoms with Crippen LogP contribution in [0.1, 0.15) is 206 Å². The van der Waals surface area contributed by atoms with Gasteiger partial charge in [0.05, 0.1) is 13.2 Å². The number of carbonyl (C=O) groups excluding carboxylic acids is 2. The Balaban J connectivity index is 4.04. The van der Waals surface area contributed by atoms with E-state index in [-0.39, 0.29) is 32.6 Å². The molecule has 2 unspecified atom stereocenters. The summed E-state index contributed by atoms with van der Waals surface area (Å²) in [4.78, 5) is 34.9. The van der Waals surface area contributed by atoms with Crippen LogP contribution in [0.5, 0.6) is 0 Å². The Bertz CT molecular complexity index is 1150. The van der Waals surface area contributed by atoms with E-state index in [1.165, 1.54) is 128 Å². The smallest absolute Gasteiger partial charge is 0.462 e. The van der Waals surface area contributed by atoms with Gasteiger partial charge in [-0.1, -0.05) is 190 Å². The van der Waals surface area contributed by atoms with Gasteiger partial charge in [-0.3, -0.25) is 18.6 Å². The Morgan fingerprint density at radius 2 is 0.966 bits per heavy atom. The van der Waals surface area contributed by atoms with Gasteiger partial charge in [-0.15, -0.1) is 0 Å². The molecule has 0 aliphatic rings. The number of allylic oxidation sites excluding steroid dienone is 10. The molecule has 10 heteroatoms. The molecular weight excluding hydrogens is 762 g/mol. The maximum Gasteiger partial charge on any atom is 0.472 e. The predicted octanol–water partition coefficient (Wildman–Crippen LogP) is 14.1. The minimum Gasteiger partial charge on any atom is -0.462 e. The van der Waals surface area contributed by atoms with Crippen molar-refractivity contribution in [1.82, 2.24) is 0 Å². The van der Waals surface area contributed by atoms with Gasteiger partial charge in [0.25, 0.3) is 0 Å². The van der Waals surface area contributed by atoms with Crippen LogP contribution in [0.4, 0.5) is 0 Å². The van der Waals surface area contributed by atoms with Crippen molar-refractivity contribution in [1.29, 1.82) is 0 Å². The Labute approximate surface area is 361 Å². The zero-order chi connectivity index (χ0) is 43.2. The van der Waals surface area contributed by atoms with Crippen LogP contribution in [0.2, 0.25) is 0 Å². The van der Waals surface area contributed by atoms with Crippen LogP contribution in [0.25, 0.3) is 0 Å². The molecule has 0 saturated carbocycles. The summed E-state index contributed by atoms with van der Waals surface area (Å²) in [6.45, 7) is 3.54. The van der Waals surface area contributed by atoms with Crippen molar-refractivity contribution in [2.45, 2.75) is 213 Å². The standard InChI is InChI=1S/C49H88NO8P/c1-3-5-7-9-11-13-15-17-18-19-20-21-22-23-24-25-26-27-28-30-31-33-35-37-39-41-48(51)55-45-47(46-57-59(53,54)56-44-43-50)58-49(52)42-40-38-36-34-32-29-16-14-12-10-8-6-4-2/h6,8,12,14,19-20,29,32,36,38,47H,3-5,7,9-11,13,15-18,21-28,30-31,33-35,37,39-46,50H2,1-2H3,(H,53,54)/b8-6-,14-12-,20-19-,32-29-,38-36-. The van der Waals surface area contributed by atoms with E-state index in [4.69, 9.17) is 24.3 Å². The summed E-state index contributed by atoms with van der Waals surface area (Å²) < 4.78 is 32.7. The minimum atomic E-state index is -4.40. The van der Waals surface area contributed by atoms with Crippen molar-refractivity contribution >= 4 is 19.8 Å². The number of hydrogen-bond donors (Lipinski definition) is 2. The lowest BCUT2D eigenvalue weighted by Crippen LogP contribution is -2.29. The van der Waals surface area contributed by atoms with Gasteiger partial charge in [-0.25, -0.2) is 4.57 Å². The second-order valence-electron chi connectivity index (χ2n) is 15.6. The van der Waals surface area contributed by atoms with Gasteiger partial charge in [0.1, 0.15) is 6.61 Å². The molecule has 59 heavy (non-hydrogen) atoms. The van der Waals surface area contributed by atoms with Crippen molar-refractivity contribution < 1.29 is 37.6 Å². The number of rotatable bonds is 44. The Kier molecular flexibility index (Phi) is 43.5. The molecule has 0 aromatic heterocycles. The average Bonchev–Trinajstić information content (AvgIpc) is 3.22. The summed E-state index contributed by atoms with van der Waals surface area (Å²) in [5.74, 6) is -0.922. The maximum absolute atomic E-state index is 12.5. The van der Waals surface area contributed by atoms with Crippen LogP contribution in [0.15, 0.2) is 60.8 Å². The van der Waals surface area contributed by atoms with Gasteiger partial charge in [-0.2, -0.15) is 0 Å². The Hall–Kier alpha value is -2.29. The van der Waals surface area contributed by atoms with Crippen LogP contribution in [-0.2, 0) is 32.7 Å². The van der Waals surface area contributed by atoms with E-state index in [1.807, 2.05) is 12.2 Å². The summed E-state index contributed by atoms with van der Waals surface area (Å²) in [6.07, 6.45) is 54.4. The molecule has 342 valence electrons. The van der Waals surface area contributed by atoms with E-state index in [0.29, 0.717) is 6.42 Å². The first-order chi connectivity index (χ1) is 28.8. The highest BCUT2D eigenvalue weighted by atomic mass is 31.2. The quantitative estimate of drug-likeness (QED) is 0.0266. The molecule has 2 atom stereocenters. The van der Waals surface area contributed by atoms with E-state index in [2.05, 4.69) is 62.5 Å². The number of nitrogens with two attached hydrogens (primary N) is 1. The fraction of sp³-hybridized carbons (Fsp3) is 0.755. The largest absolute Gasteiger partial charge is 0.472 e. The Morgan fingerprint density at radius 1 is 0.525 bits per heavy atom. The van der Waals surface area contributed by atoms with Crippen LogP contribution >= 0.6 is 7.82 Å². The van der Waals surface area contributed by atoms with Crippen LogP contribution in [0, 0.1) is 0 Å². The number of phosphoric ester groups is 1. The van der Waals surface area contributed by atoms with E-state index in [1.54, 1.807) is 0 Å². The van der Waals surface area contributed by atoms with Crippen molar-refractivity contribution in [3.63, 3.8) is 0 Å². The second kappa shape index (κ2) is 45.2. The molecule has 0 heterocycles. The predicted molar refractivity (Wildman–Crippen MR) is 247 cm³/mol. The maximum atomic E-state index is 12.5. The molecule has 0 aliphatic carbocycles. The summed E-state index contributed by atoms with van der Waals surface area (Å²) >= 11 is 0. The second-order valence-corrected chi connectivity index (χ2v) is 17.0. The molecule has 0 radical (unpaired) electrons. The monoisotopic (exact) mass is 850 g/mol. The molecule has 0 rings (SSSR count). The van der Waals surface area contributed by atoms with Crippen LogP contribution in [0.3, 0.4) is 0 Å². The molecule has 3 N–H and O–H groups in total. The first-order valence-corrected chi connectivity index (χ1v) is 25.3. The van der Waals surface area contributed by atoms with Gasteiger partial charge in [0, 0.05) is 19.4 Å². The third kappa shape index (κ3) is 45.1. The molecular formula is C49H88NO8P. The fourth-order valence-corrected chi connectivity index (χ4v) is 7.17. The van der Waals surface area contributed by atoms with Crippen LogP contribution < -0.4 is 5.73 Å². The van der Waals surface area contributed by atoms with Crippen LogP contribution in [-0.4, -0.2) is 49.3 Å². The molecule has 0 spiro atoms. The summed E-state index contributed by atoms with van der Waals surface area (Å²) in [5, 5.41) is 0. The molecule has 0 aromatic carbocycles. The van der Waals surface area contributed by atoms with Gasteiger partial charge in [0.2, 0.25) is 0 Å². The van der Waals surface area contributed by atoms with E-state index in [0.717, 1.165) is 44.9 Å². The summed E-state index contributed by atoms with van der Waals surface area (Å²) in [6, 6.07) is 0. The van der Waals surface area contributed by atoms with E-state index < -0.39 is 32.5 Å². The fourth-order valence-electron chi connectivity index (χ4n) is 6.41. The van der Waals surface area contributed by atoms with Crippen molar-refractivity contribution in [3.05, 3.63) is 60.8 Å². The first kappa shape index (κ1) is 56.7. The lowest BCUT2D eigenvalue weighted by atomic mass is 10.0. The minimum absolute atomic E-state index is 0.0411. The SMILES string of the molecule is CC/C=C\C/C=C\C/C=C\C/C=C\CCC(=O)OC(COC(=O)CCCCCCCCCCCCCCC/C=C\CCCCCCCCCC)COP(=O)(O)OCCN. The number of carbonyl (C=O) groups is 2. The molecule has 0 fully saturated rings. The molecule has 0 saturated heterocycles. The number of phosphoric acid groups is 1.